The van der Waals surface area contributed by atoms with Crippen molar-refractivity contribution < 1.29 is 4.79 Å². The number of amides is 1. The van der Waals surface area contributed by atoms with Crippen molar-refractivity contribution in [3.8, 4) is 0 Å². The summed E-state index contributed by atoms with van der Waals surface area (Å²) in [4.78, 5) is 15.0. The van der Waals surface area contributed by atoms with Crippen molar-refractivity contribution in [3.63, 3.8) is 0 Å². The molecule has 2 aromatic rings. The van der Waals surface area contributed by atoms with Gasteiger partial charge in [-0.05, 0) is 0 Å². The number of anilines is 1. The van der Waals surface area contributed by atoms with Crippen LogP contribution < -0.4 is 4.90 Å². The summed E-state index contributed by atoms with van der Waals surface area (Å²) in [5.41, 5.74) is 0. The SMILES string of the molecule is CC(=O)N1CCN(c2nnc3nncn3n2)CC1. The predicted octanol–water partition coefficient (Wildman–Crippen LogP) is -1.42. The Morgan fingerprint density at radius 3 is 2.67 bits per heavy atom. The van der Waals surface area contributed by atoms with Gasteiger partial charge in [-0.25, -0.2) is 0 Å². The third-order valence-corrected chi connectivity index (χ3v) is 2.95. The van der Waals surface area contributed by atoms with Crippen LogP contribution in [-0.2, 0) is 4.79 Å². The van der Waals surface area contributed by atoms with Gasteiger partial charge in [0.1, 0.15) is 6.33 Å². The summed E-state index contributed by atoms with van der Waals surface area (Å²) in [6, 6.07) is 0. The molecule has 9 nitrogen and oxygen atoms in total. The summed E-state index contributed by atoms with van der Waals surface area (Å²) in [5.74, 6) is 1.01. The molecule has 1 saturated heterocycles. The van der Waals surface area contributed by atoms with Crippen LogP contribution in [0.25, 0.3) is 5.78 Å². The van der Waals surface area contributed by atoms with E-state index in [2.05, 4.69) is 25.5 Å². The Bertz CT molecular complexity index is 573. The highest BCUT2D eigenvalue weighted by Gasteiger charge is 2.21. The Hall–Kier alpha value is -2.32. The van der Waals surface area contributed by atoms with Gasteiger partial charge >= 0.3 is 0 Å². The molecule has 0 N–H and O–H groups in total. The van der Waals surface area contributed by atoms with Crippen molar-refractivity contribution in [1.29, 1.82) is 0 Å². The van der Waals surface area contributed by atoms with E-state index in [9.17, 15) is 4.79 Å². The molecular formula is C9H12N8O. The summed E-state index contributed by atoms with van der Waals surface area (Å²) in [6.07, 6.45) is 1.49. The molecule has 9 heteroatoms. The molecule has 0 spiro atoms. The van der Waals surface area contributed by atoms with Gasteiger partial charge in [0.25, 0.3) is 11.7 Å². The fraction of sp³-hybridized carbons (Fsp3) is 0.556. The van der Waals surface area contributed by atoms with Crippen LogP contribution in [-0.4, -0.2) is 67.0 Å². The maximum atomic E-state index is 11.2. The van der Waals surface area contributed by atoms with Crippen molar-refractivity contribution in [1.82, 2.24) is 34.9 Å². The summed E-state index contributed by atoms with van der Waals surface area (Å²) in [7, 11) is 0. The number of piperazine rings is 1. The molecule has 3 heterocycles. The summed E-state index contributed by atoms with van der Waals surface area (Å²) >= 11 is 0. The number of hydrogen-bond acceptors (Lipinski definition) is 7. The van der Waals surface area contributed by atoms with Crippen LogP contribution in [0.2, 0.25) is 0 Å². The molecule has 0 aromatic carbocycles. The van der Waals surface area contributed by atoms with Gasteiger partial charge in [-0.15, -0.1) is 25.5 Å². The third kappa shape index (κ3) is 1.83. The minimum Gasteiger partial charge on any atom is -0.339 e. The highest BCUT2D eigenvalue weighted by Crippen LogP contribution is 2.09. The molecule has 0 saturated carbocycles. The van der Waals surface area contributed by atoms with Gasteiger partial charge in [0.15, 0.2) is 0 Å². The number of carbonyl (C=O) groups excluding carboxylic acids is 1. The van der Waals surface area contributed by atoms with E-state index in [-0.39, 0.29) is 5.91 Å². The molecule has 0 aliphatic carbocycles. The first-order valence-electron chi connectivity index (χ1n) is 5.65. The van der Waals surface area contributed by atoms with Crippen LogP contribution in [0.1, 0.15) is 6.92 Å². The monoisotopic (exact) mass is 248 g/mol. The Morgan fingerprint density at radius 1 is 1.17 bits per heavy atom. The van der Waals surface area contributed by atoms with Crippen molar-refractivity contribution in [2.75, 3.05) is 31.1 Å². The topological polar surface area (TPSA) is 92.4 Å². The van der Waals surface area contributed by atoms with Crippen LogP contribution in [0.15, 0.2) is 6.33 Å². The fourth-order valence-corrected chi connectivity index (χ4v) is 1.91. The summed E-state index contributed by atoms with van der Waals surface area (Å²) in [6.45, 7) is 4.35. The van der Waals surface area contributed by atoms with Gasteiger partial charge in [0.2, 0.25) is 5.91 Å². The van der Waals surface area contributed by atoms with Gasteiger partial charge in [0, 0.05) is 33.1 Å². The first-order chi connectivity index (χ1) is 8.74. The van der Waals surface area contributed by atoms with Crippen molar-refractivity contribution in [3.05, 3.63) is 6.33 Å². The third-order valence-electron chi connectivity index (χ3n) is 2.95. The number of aromatic nitrogens is 6. The lowest BCUT2D eigenvalue weighted by Crippen LogP contribution is -2.48. The maximum absolute atomic E-state index is 11.2. The second kappa shape index (κ2) is 4.17. The van der Waals surface area contributed by atoms with E-state index in [4.69, 9.17) is 0 Å². The number of nitrogens with zero attached hydrogens (tertiary/aromatic N) is 8. The molecular weight excluding hydrogens is 236 g/mol. The van der Waals surface area contributed by atoms with E-state index >= 15 is 0 Å². The highest BCUT2D eigenvalue weighted by molar-refractivity contribution is 5.73. The van der Waals surface area contributed by atoms with Crippen LogP contribution >= 0.6 is 0 Å². The quantitative estimate of drug-likeness (QED) is 0.611. The largest absolute Gasteiger partial charge is 0.339 e. The molecule has 18 heavy (non-hydrogen) atoms. The predicted molar refractivity (Wildman–Crippen MR) is 60.8 cm³/mol. The van der Waals surface area contributed by atoms with Crippen molar-refractivity contribution in [2.24, 2.45) is 0 Å². The molecule has 94 valence electrons. The number of carbonyl (C=O) groups is 1. The van der Waals surface area contributed by atoms with Crippen LogP contribution in [0.5, 0.6) is 0 Å². The van der Waals surface area contributed by atoms with Gasteiger partial charge in [-0.2, -0.15) is 4.52 Å². The number of hydrogen-bond donors (Lipinski definition) is 0. The lowest BCUT2D eigenvalue weighted by Gasteiger charge is -2.33. The maximum Gasteiger partial charge on any atom is 0.290 e. The van der Waals surface area contributed by atoms with E-state index in [0.29, 0.717) is 37.9 Å². The summed E-state index contributed by atoms with van der Waals surface area (Å²) in [5, 5.41) is 19.7. The van der Waals surface area contributed by atoms with E-state index < -0.39 is 0 Å². The van der Waals surface area contributed by atoms with Crippen molar-refractivity contribution >= 4 is 17.6 Å². The zero-order chi connectivity index (χ0) is 12.5. The average Bonchev–Trinajstić information content (AvgIpc) is 2.86. The highest BCUT2D eigenvalue weighted by atomic mass is 16.2. The van der Waals surface area contributed by atoms with Crippen LogP contribution in [0, 0.1) is 0 Å². The molecule has 1 aliphatic heterocycles. The van der Waals surface area contributed by atoms with Crippen LogP contribution in [0.3, 0.4) is 0 Å². The summed E-state index contributed by atoms with van der Waals surface area (Å²) < 4.78 is 1.49. The van der Waals surface area contributed by atoms with E-state index in [1.807, 2.05) is 4.90 Å². The lowest BCUT2D eigenvalue weighted by atomic mass is 10.3. The Kier molecular flexibility index (Phi) is 2.50. The van der Waals surface area contributed by atoms with E-state index in [0.717, 1.165) is 0 Å². The molecule has 3 rings (SSSR count). The molecule has 1 aliphatic rings. The van der Waals surface area contributed by atoms with E-state index in [1.54, 1.807) is 11.8 Å². The Labute approximate surface area is 102 Å². The minimum absolute atomic E-state index is 0.1000. The smallest absolute Gasteiger partial charge is 0.290 e. The second-order valence-electron chi connectivity index (χ2n) is 4.07. The molecule has 0 bridgehead atoms. The zero-order valence-corrected chi connectivity index (χ0v) is 9.89. The zero-order valence-electron chi connectivity index (χ0n) is 9.89. The first kappa shape index (κ1) is 10.8. The number of fused-ring (bicyclic) bond motifs is 1. The molecule has 0 unspecified atom stereocenters. The normalized spacial score (nSPS) is 16.3. The standard InChI is InChI=1S/C9H12N8O/c1-7(18)15-2-4-16(5-3-15)9-13-12-8-11-10-6-17(8)14-9/h6H,2-5H2,1H3. The van der Waals surface area contributed by atoms with Gasteiger partial charge < -0.3 is 9.80 Å². The Balaban J connectivity index is 1.77. The van der Waals surface area contributed by atoms with Crippen LogP contribution in [0.4, 0.5) is 5.95 Å². The minimum atomic E-state index is 0.1000. The number of rotatable bonds is 1. The molecule has 2 aromatic heterocycles. The first-order valence-corrected chi connectivity index (χ1v) is 5.65. The molecule has 1 fully saturated rings. The van der Waals surface area contributed by atoms with Gasteiger partial charge in [0.05, 0.1) is 0 Å². The second-order valence-corrected chi connectivity index (χ2v) is 4.07. The van der Waals surface area contributed by atoms with Gasteiger partial charge in [-0.1, -0.05) is 0 Å². The molecule has 1 amide bonds. The Morgan fingerprint density at radius 2 is 1.94 bits per heavy atom. The molecule has 0 atom stereocenters. The fourth-order valence-electron chi connectivity index (χ4n) is 1.91. The molecule has 0 radical (unpaired) electrons. The van der Waals surface area contributed by atoms with Gasteiger partial charge in [-0.3, -0.25) is 4.79 Å². The van der Waals surface area contributed by atoms with Crippen molar-refractivity contribution in [2.45, 2.75) is 6.92 Å². The average molecular weight is 248 g/mol. The van der Waals surface area contributed by atoms with E-state index in [1.165, 1.54) is 10.8 Å². The lowest BCUT2D eigenvalue weighted by molar-refractivity contribution is -0.129.